The first kappa shape index (κ1) is 13.4. The summed E-state index contributed by atoms with van der Waals surface area (Å²) in [5.41, 5.74) is 1.92. The molecule has 0 bridgehead atoms. The van der Waals surface area contributed by atoms with Crippen LogP contribution in [0.5, 0.6) is 5.88 Å². The molecule has 1 N–H and O–H groups in total. The zero-order valence-corrected chi connectivity index (χ0v) is 10.6. The van der Waals surface area contributed by atoms with E-state index in [9.17, 15) is 0 Å². The van der Waals surface area contributed by atoms with E-state index >= 15 is 0 Å². The summed E-state index contributed by atoms with van der Waals surface area (Å²) in [4.78, 5) is 8.15. The van der Waals surface area contributed by atoms with E-state index in [4.69, 9.17) is 9.47 Å². The Hall–Kier alpha value is -1.62. The Morgan fingerprint density at radius 2 is 2.24 bits per heavy atom. The lowest BCUT2D eigenvalue weighted by molar-refractivity contribution is 0.167. The van der Waals surface area contributed by atoms with E-state index < -0.39 is 0 Å². The maximum Gasteiger partial charge on any atom is 0.221 e. The quantitative estimate of drug-likeness (QED) is 0.579. The second-order valence-electron chi connectivity index (χ2n) is 3.79. The highest BCUT2D eigenvalue weighted by Gasteiger charge is 2.05. The van der Waals surface area contributed by atoms with Crippen LogP contribution in [0.3, 0.4) is 0 Å². The van der Waals surface area contributed by atoms with E-state index in [2.05, 4.69) is 21.9 Å². The molecule has 0 fully saturated rings. The Kier molecular flexibility index (Phi) is 5.42. The minimum absolute atomic E-state index is 0.588. The molecule has 0 unspecified atom stereocenters. The average molecular weight is 237 g/mol. The number of rotatable bonds is 7. The van der Waals surface area contributed by atoms with Crippen molar-refractivity contribution >= 4 is 5.82 Å². The van der Waals surface area contributed by atoms with Crippen molar-refractivity contribution in [3.8, 4) is 5.88 Å². The fraction of sp³-hybridized carbons (Fsp3) is 0.500. The molecule has 0 aliphatic carbocycles. The van der Waals surface area contributed by atoms with Crippen molar-refractivity contribution in [2.24, 2.45) is 0 Å². The Bertz CT molecular complexity index is 380. The van der Waals surface area contributed by atoms with Gasteiger partial charge in [0, 0.05) is 6.54 Å². The van der Waals surface area contributed by atoms with Gasteiger partial charge in [-0.1, -0.05) is 12.2 Å². The highest BCUT2D eigenvalue weighted by molar-refractivity contribution is 5.47. The van der Waals surface area contributed by atoms with Gasteiger partial charge in [0.2, 0.25) is 5.88 Å². The number of methoxy groups -OCH3 is 1. The van der Waals surface area contributed by atoms with Crippen LogP contribution in [0, 0.1) is 6.92 Å². The maximum absolute atomic E-state index is 5.38. The van der Waals surface area contributed by atoms with E-state index in [-0.39, 0.29) is 0 Å². The lowest BCUT2D eigenvalue weighted by atomic mass is 10.3. The average Bonchev–Trinajstić information content (AvgIpc) is 2.30. The molecule has 94 valence electrons. The van der Waals surface area contributed by atoms with Gasteiger partial charge in [-0.3, -0.25) is 0 Å². The lowest BCUT2D eigenvalue weighted by Gasteiger charge is -2.10. The van der Waals surface area contributed by atoms with Gasteiger partial charge in [-0.15, -0.1) is 0 Å². The summed E-state index contributed by atoms with van der Waals surface area (Å²) in [6.45, 7) is 9.50. The smallest absolute Gasteiger partial charge is 0.221 e. The molecule has 0 aromatic carbocycles. The first-order chi connectivity index (χ1) is 8.15. The molecule has 5 nitrogen and oxygen atoms in total. The van der Waals surface area contributed by atoms with Crippen LogP contribution >= 0.6 is 0 Å². The van der Waals surface area contributed by atoms with E-state index in [1.807, 2.05) is 13.8 Å². The predicted octanol–water partition coefficient (Wildman–Crippen LogP) is 1.80. The van der Waals surface area contributed by atoms with E-state index in [0.29, 0.717) is 25.6 Å². The molecule has 1 rings (SSSR count). The monoisotopic (exact) mass is 237 g/mol. The number of anilines is 1. The molecule has 1 aromatic heterocycles. The fourth-order valence-corrected chi connectivity index (χ4v) is 1.31. The molecule has 5 heteroatoms. The Balaban J connectivity index is 2.39. The molecule has 0 aliphatic heterocycles. The zero-order chi connectivity index (χ0) is 12.7. The Labute approximate surface area is 102 Å². The summed E-state index contributed by atoms with van der Waals surface area (Å²) < 4.78 is 10.5. The number of nitrogens with one attached hydrogen (secondary N) is 1. The summed E-state index contributed by atoms with van der Waals surface area (Å²) >= 11 is 0. The van der Waals surface area contributed by atoms with E-state index in [1.54, 1.807) is 7.11 Å². The molecular weight excluding hydrogens is 218 g/mol. The summed E-state index contributed by atoms with van der Waals surface area (Å²) in [5.74, 6) is 1.36. The van der Waals surface area contributed by atoms with Crippen LogP contribution < -0.4 is 10.1 Å². The van der Waals surface area contributed by atoms with Crippen molar-refractivity contribution in [1.82, 2.24) is 9.97 Å². The largest absolute Gasteiger partial charge is 0.481 e. The van der Waals surface area contributed by atoms with E-state index in [0.717, 1.165) is 17.0 Å². The van der Waals surface area contributed by atoms with Crippen molar-refractivity contribution < 1.29 is 9.47 Å². The molecule has 0 amide bonds. The first-order valence-electron chi connectivity index (χ1n) is 5.46. The van der Waals surface area contributed by atoms with Gasteiger partial charge in [0.05, 0.1) is 25.9 Å². The SMILES string of the molecule is C=C(C)COCCNc1ncnc(OC)c1C. The number of nitrogens with zero attached hydrogens (tertiary/aromatic N) is 2. The summed E-state index contributed by atoms with van der Waals surface area (Å²) in [6.07, 6.45) is 1.48. The lowest BCUT2D eigenvalue weighted by Crippen LogP contribution is -2.12. The van der Waals surface area contributed by atoms with E-state index in [1.165, 1.54) is 6.33 Å². The number of hydrogen-bond donors (Lipinski definition) is 1. The first-order valence-corrected chi connectivity index (χ1v) is 5.46. The molecule has 0 aliphatic rings. The summed E-state index contributed by atoms with van der Waals surface area (Å²) in [7, 11) is 1.59. The second-order valence-corrected chi connectivity index (χ2v) is 3.79. The van der Waals surface area contributed by atoms with Crippen LogP contribution in [0.25, 0.3) is 0 Å². The van der Waals surface area contributed by atoms with Crippen molar-refractivity contribution in [2.45, 2.75) is 13.8 Å². The third-order valence-electron chi connectivity index (χ3n) is 2.12. The van der Waals surface area contributed by atoms with Crippen LogP contribution in [0.4, 0.5) is 5.82 Å². The molecule has 1 aromatic rings. The molecule has 0 atom stereocenters. The molecule has 1 heterocycles. The molecule has 17 heavy (non-hydrogen) atoms. The van der Waals surface area contributed by atoms with Crippen molar-refractivity contribution in [2.75, 3.05) is 32.2 Å². The maximum atomic E-state index is 5.38. The fourth-order valence-electron chi connectivity index (χ4n) is 1.31. The second kappa shape index (κ2) is 6.85. The van der Waals surface area contributed by atoms with Gasteiger partial charge in [-0.2, -0.15) is 0 Å². The van der Waals surface area contributed by atoms with Crippen LogP contribution in [-0.4, -0.2) is 36.8 Å². The number of hydrogen-bond acceptors (Lipinski definition) is 5. The highest BCUT2D eigenvalue weighted by atomic mass is 16.5. The highest BCUT2D eigenvalue weighted by Crippen LogP contribution is 2.19. The van der Waals surface area contributed by atoms with Gasteiger partial charge >= 0.3 is 0 Å². The van der Waals surface area contributed by atoms with Crippen molar-refractivity contribution in [3.05, 3.63) is 24.0 Å². The normalized spacial score (nSPS) is 10.1. The third-order valence-corrected chi connectivity index (χ3v) is 2.12. The molecule has 0 spiro atoms. The zero-order valence-electron chi connectivity index (χ0n) is 10.6. The standard InChI is InChI=1S/C12H19N3O2/c1-9(2)7-17-6-5-13-11-10(3)12(16-4)15-8-14-11/h8H,1,5-7H2,2-4H3,(H,13,14,15). The molecule has 0 saturated heterocycles. The molecule has 0 saturated carbocycles. The molecular formula is C12H19N3O2. The van der Waals surface area contributed by atoms with Gasteiger partial charge in [0.25, 0.3) is 0 Å². The van der Waals surface area contributed by atoms with Crippen LogP contribution in [0.15, 0.2) is 18.5 Å². The van der Waals surface area contributed by atoms with Gasteiger partial charge in [-0.05, 0) is 13.8 Å². The number of aromatic nitrogens is 2. The van der Waals surface area contributed by atoms with Crippen molar-refractivity contribution in [3.63, 3.8) is 0 Å². The minimum atomic E-state index is 0.588. The summed E-state index contributed by atoms with van der Waals surface area (Å²) in [5, 5.41) is 3.18. The number of ether oxygens (including phenoxy) is 2. The van der Waals surface area contributed by atoms with Crippen molar-refractivity contribution in [1.29, 1.82) is 0 Å². The predicted molar refractivity (Wildman–Crippen MR) is 67.4 cm³/mol. The van der Waals surface area contributed by atoms with Crippen LogP contribution in [-0.2, 0) is 4.74 Å². The van der Waals surface area contributed by atoms with Crippen LogP contribution in [0.2, 0.25) is 0 Å². The Morgan fingerprint density at radius 1 is 1.47 bits per heavy atom. The minimum Gasteiger partial charge on any atom is -0.481 e. The van der Waals surface area contributed by atoms with Gasteiger partial charge < -0.3 is 14.8 Å². The van der Waals surface area contributed by atoms with Gasteiger partial charge in [-0.25, -0.2) is 9.97 Å². The molecule has 0 radical (unpaired) electrons. The Morgan fingerprint density at radius 3 is 2.88 bits per heavy atom. The van der Waals surface area contributed by atoms with Crippen LogP contribution in [0.1, 0.15) is 12.5 Å². The summed E-state index contributed by atoms with van der Waals surface area (Å²) in [6, 6.07) is 0. The third kappa shape index (κ3) is 4.40. The van der Waals surface area contributed by atoms with Gasteiger partial charge in [0.15, 0.2) is 0 Å². The topological polar surface area (TPSA) is 56.3 Å². The van der Waals surface area contributed by atoms with Gasteiger partial charge in [0.1, 0.15) is 12.1 Å².